The predicted molar refractivity (Wildman–Crippen MR) is 103 cm³/mol. The van der Waals surface area contributed by atoms with Gasteiger partial charge in [-0.05, 0) is 42.3 Å². The molecule has 0 aliphatic carbocycles. The summed E-state index contributed by atoms with van der Waals surface area (Å²) in [6.45, 7) is 9.42. The average molecular weight is 358 g/mol. The molecule has 0 spiro atoms. The highest BCUT2D eigenvalue weighted by Crippen LogP contribution is 2.45. The first-order chi connectivity index (χ1) is 11.5. The third kappa shape index (κ3) is 3.70. The van der Waals surface area contributed by atoms with Crippen molar-refractivity contribution < 1.29 is 13.1 Å². The Labute approximate surface area is 151 Å². The van der Waals surface area contributed by atoms with E-state index in [2.05, 4.69) is 32.8 Å². The van der Waals surface area contributed by atoms with Gasteiger partial charge in [-0.2, -0.15) is 5.10 Å². The minimum Gasteiger partial charge on any atom is -0.434 e. The van der Waals surface area contributed by atoms with Crippen LogP contribution in [0.25, 0.3) is 0 Å². The molecule has 3 rings (SSSR count). The number of hydrogen-bond donors (Lipinski definition) is 0. The van der Waals surface area contributed by atoms with Crippen LogP contribution in [0, 0.1) is 0 Å². The van der Waals surface area contributed by atoms with Gasteiger partial charge in [0.2, 0.25) is 0 Å². The summed E-state index contributed by atoms with van der Waals surface area (Å²) in [5, 5.41) is 4.55. The van der Waals surface area contributed by atoms with Crippen LogP contribution in [0.3, 0.4) is 0 Å². The number of rotatable bonds is 4. The van der Waals surface area contributed by atoms with E-state index in [0.29, 0.717) is 11.4 Å². The van der Waals surface area contributed by atoms with Gasteiger partial charge in [0, 0.05) is 24.3 Å². The van der Waals surface area contributed by atoms with Gasteiger partial charge < -0.3 is 4.65 Å². The summed E-state index contributed by atoms with van der Waals surface area (Å²) in [4.78, 5) is 0.334. The molecule has 0 saturated carbocycles. The Kier molecular flexibility index (Phi) is 4.40. The Morgan fingerprint density at radius 3 is 2.36 bits per heavy atom. The Hall–Kier alpha value is -1.53. The summed E-state index contributed by atoms with van der Waals surface area (Å²) in [5.74, 6) is 0. The molecular weight excluding hydrogens is 334 g/mol. The average Bonchev–Trinajstić information content (AvgIpc) is 3.01. The smallest absolute Gasteiger partial charge is 0.287 e. The normalized spacial score (nSPS) is 19.0. The number of benzene rings is 1. The van der Waals surface area contributed by atoms with Crippen molar-refractivity contribution in [2.24, 2.45) is 0 Å². The topological polar surface area (TPSA) is 61.2 Å². The Bertz CT molecular complexity index is 858. The molecule has 1 fully saturated rings. The SMILES string of the molecule is CC1(C)BB(c2cnn(Cc3ccc(S(C)(=O)=O)cc3)c2)OC1(C)C. The van der Waals surface area contributed by atoms with E-state index in [0.717, 1.165) is 18.2 Å². The third-order valence-electron chi connectivity index (χ3n) is 5.48. The van der Waals surface area contributed by atoms with E-state index in [-0.39, 0.29) is 17.7 Å². The Morgan fingerprint density at radius 2 is 1.84 bits per heavy atom. The van der Waals surface area contributed by atoms with Gasteiger partial charge in [-0.3, -0.25) is 4.68 Å². The molecule has 5 nitrogen and oxygen atoms in total. The summed E-state index contributed by atoms with van der Waals surface area (Å²) < 4.78 is 31.2. The van der Waals surface area contributed by atoms with Crippen molar-refractivity contribution in [3.8, 4) is 0 Å². The molecule has 1 aromatic heterocycles. The van der Waals surface area contributed by atoms with E-state index >= 15 is 0 Å². The molecule has 25 heavy (non-hydrogen) atoms. The Balaban J connectivity index is 1.73. The molecule has 2 aromatic rings. The van der Waals surface area contributed by atoms with Gasteiger partial charge in [-0.25, -0.2) is 8.42 Å². The molecule has 1 saturated heterocycles. The highest BCUT2D eigenvalue weighted by atomic mass is 32.2. The van der Waals surface area contributed by atoms with Crippen LogP contribution in [-0.4, -0.2) is 44.0 Å². The lowest BCUT2D eigenvalue weighted by molar-refractivity contribution is 0.0881. The zero-order chi connectivity index (χ0) is 18.5. The maximum Gasteiger partial charge on any atom is 0.287 e. The van der Waals surface area contributed by atoms with Crippen molar-refractivity contribution in [2.75, 3.05) is 6.26 Å². The third-order valence-corrected chi connectivity index (χ3v) is 6.61. The second-order valence-corrected chi connectivity index (χ2v) is 10.1. The van der Waals surface area contributed by atoms with Crippen molar-refractivity contribution in [1.29, 1.82) is 0 Å². The molecule has 1 aliphatic rings. The highest BCUT2D eigenvalue weighted by molar-refractivity contribution is 7.90. The number of sulfone groups is 1. The van der Waals surface area contributed by atoms with Crippen molar-refractivity contribution in [3.05, 3.63) is 42.2 Å². The van der Waals surface area contributed by atoms with Crippen LogP contribution in [0.5, 0.6) is 0 Å². The molecule has 8 heteroatoms. The van der Waals surface area contributed by atoms with Gasteiger partial charge >= 0.3 is 0 Å². The molecule has 0 amide bonds. The largest absolute Gasteiger partial charge is 0.434 e. The fourth-order valence-corrected chi connectivity index (χ4v) is 3.74. The van der Waals surface area contributed by atoms with Crippen molar-refractivity contribution in [2.45, 2.75) is 50.1 Å². The van der Waals surface area contributed by atoms with Gasteiger partial charge in [0.25, 0.3) is 6.81 Å². The predicted octanol–water partition coefficient (Wildman–Crippen LogP) is 1.47. The van der Waals surface area contributed by atoms with Crippen molar-refractivity contribution >= 4 is 29.3 Å². The molecule has 0 bridgehead atoms. The first-order valence-corrected chi connectivity index (χ1v) is 10.4. The molecule has 2 heterocycles. The van der Waals surface area contributed by atoms with E-state index in [9.17, 15) is 8.42 Å². The van der Waals surface area contributed by atoms with Crippen LogP contribution >= 0.6 is 0 Å². The van der Waals surface area contributed by atoms with Crippen LogP contribution < -0.4 is 5.46 Å². The van der Waals surface area contributed by atoms with E-state index in [1.54, 1.807) is 12.1 Å². The maximum absolute atomic E-state index is 11.5. The highest BCUT2D eigenvalue weighted by Gasteiger charge is 2.50. The van der Waals surface area contributed by atoms with Crippen LogP contribution in [0.1, 0.15) is 33.3 Å². The first kappa shape index (κ1) is 18.3. The first-order valence-electron chi connectivity index (χ1n) is 8.47. The zero-order valence-electron chi connectivity index (χ0n) is 15.5. The fraction of sp³-hybridized carbons (Fsp3) is 0.471. The van der Waals surface area contributed by atoms with Gasteiger partial charge in [0.15, 0.2) is 9.84 Å². The number of hydrogen-bond acceptors (Lipinski definition) is 4. The van der Waals surface area contributed by atoms with E-state index in [1.165, 1.54) is 6.26 Å². The second-order valence-electron chi connectivity index (χ2n) is 8.09. The quantitative estimate of drug-likeness (QED) is 0.777. The molecule has 0 atom stereocenters. The lowest BCUT2D eigenvalue weighted by Gasteiger charge is -2.34. The van der Waals surface area contributed by atoms with Crippen molar-refractivity contribution in [1.82, 2.24) is 9.78 Å². The van der Waals surface area contributed by atoms with Gasteiger partial charge in [-0.1, -0.05) is 26.0 Å². The molecule has 132 valence electrons. The van der Waals surface area contributed by atoms with Gasteiger partial charge in [0.05, 0.1) is 11.4 Å². The summed E-state index contributed by atoms with van der Waals surface area (Å²) in [6.07, 6.45) is 5.10. The number of aromatic nitrogens is 2. The van der Waals surface area contributed by atoms with Crippen LogP contribution in [0.2, 0.25) is 5.31 Å². The fourth-order valence-electron chi connectivity index (χ4n) is 3.11. The summed E-state index contributed by atoms with van der Waals surface area (Å²) >= 11 is 0. The van der Waals surface area contributed by atoms with Crippen molar-refractivity contribution in [3.63, 3.8) is 0 Å². The van der Waals surface area contributed by atoms with E-state index < -0.39 is 9.84 Å². The Morgan fingerprint density at radius 1 is 1.20 bits per heavy atom. The monoisotopic (exact) mass is 358 g/mol. The maximum atomic E-state index is 11.5. The number of nitrogens with zero attached hydrogens (tertiary/aromatic N) is 2. The molecular formula is C17H24B2N2O3S. The summed E-state index contributed by atoms with van der Waals surface area (Å²) in [5.41, 5.74) is 1.93. The molecule has 1 aliphatic heterocycles. The molecule has 0 N–H and O–H groups in total. The van der Waals surface area contributed by atoms with E-state index in [4.69, 9.17) is 4.65 Å². The van der Waals surface area contributed by atoms with Gasteiger partial charge in [-0.15, -0.1) is 0 Å². The minimum absolute atomic E-state index is 0.0614. The standard InChI is InChI=1S/C17H24B2N2O3S/c1-16(2)17(3,4)24-19(18-16)14-10-20-21(12-14)11-13-6-8-15(9-7-13)25(5,22)23/h6-10,12,18H,11H2,1-5H3. The molecule has 0 radical (unpaired) electrons. The molecule has 0 unspecified atom stereocenters. The minimum atomic E-state index is -3.16. The summed E-state index contributed by atoms with van der Waals surface area (Å²) in [6, 6.07) is 6.94. The van der Waals surface area contributed by atoms with Crippen LogP contribution in [0.4, 0.5) is 0 Å². The van der Waals surface area contributed by atoms with Gasteiger partial charge in [0.1, 0.15) is 7.17 Å². The lowest BCUT2D eigenvalue weighted by Crippen LogP contribution is -2.36. The van der Waals surface area contributed by atoms with Crippen LogP contribution in [0.15, 0.2) is 41.6 Å². The lowest BCUT2D eigenvalue weighted by atomic mass is 9.24. The second kappa shape index (κ2) is 6.02. The zero-order valence-corrected chi connectivity index (χ0v) is 16.3. The summed E-state index contributed by atoms with van der Waals surface area (Å²) in [7, 11) is -2.19. The van der Waals surface area contributed by atoms with Crippen LogP contribution in [-0.2, 0) is 21.0 Å². The van der Waals surface area contributed by atoms with E-state index in [1.807, 2.05) is 29.2 Å². The molecule has 1 aromatic carbocycles.